The molecule has 3 rings (SSSR count). The molecule has 10 heteroatoms. The Hall–Kier alpha value is -2.62. The van der Waals surface area contributed by atoms with E-state index in [0.717, 1.165) is 44.5 Å². The van der Waals surface area contributed by atoms with Crippen LogP contribution in [-0.4, -0.2) is 47.6 Å². The van der Waals surface area contributed by atoms with Crippen molar-refractivity contribution in [1.82, 2.24) is 15.0 Å². The Labute approximate surface area is 173 Å². The van der Waals surface area contributed by atoms with Gasteiger partial charge in [0.15, 0.2) is 5.82 Å². The van der Waals surface area contributed by atoms with Crippen LogP contribution in [-0.2, 0) is 23.9 Å². The molecular weight excluding hydrogens is 399 g/mol. The van der Waals surface area contributed by atoms with Crippen molar-refractivity contribution in [1.29, 1.82) is 0 Å². The van der Waals surface area contributed by atoms with Gasteiger partial charge in [0.05, 0.1) is 30.0 Å². The van der Waals surface area contributed by atoms with Crippen molar-refractivity contribution in [3.05, 3.63) is 35.5 Å². The summed E-state index contributed by atoms with van der Waals surface area (Å²) < 4.78 is 44.7. The molecule has 0 bridgehead atoms. The number of rotatable bonds is 7. The lowest BCUT2D eigenvalue weighted by molar-refractivity contribution is -0.137. The number of alkyl halides is 3. The van der Waals surface area contributed by atoms with Crippen LogP contribution >= 0.6 is 0 Å². The van der Waals surface area contributed by atoms with Gasteiger partial charge in [0, 0.05) is 19.5 Å². The Balaban J connectivity index is 1.71. The highest BCUT2D eigenvalue weighted by Crippen LogP contribution is 2.36. The lowest BCUT2D eigenvalue weighted by atomic mass is 10.1. The molecule has 0 atom stereocenters. The van der Waals surface area contributed by atoms with Crippen LogP contribution in [0.4, 0.5) is 24.5 Å². The van der Waals surface area contributed by atoms with Crippen LogP contribution in [0.25, 0.3) is 0 Å². The fourth-order valence-corrected chi connectivity index (χ4v) is 3.44. The maximum atomic E-state index is 13.2. The summed E-state index contributed by atoms with van der Waals surface area (Å²) in [7, 11) is 1.70. The Bertz CT molecular complexity index is 862. The molecular formula is C20H26F3N5O2. The second-order valence-corrected chi connectivity index (χ2v) is 7.46. The summed E-state index contributed by atoms with van der Waals surface area (Å²) in [5.41, 5.74) is 0.00393. The molecule has 1 aliphatic heterocycles. The summed E-state index contributed by atoms with van der Waals surface area (Å²) in [6.45, 7) is 3.65. The van der Waals surface area contributed by atoms with E-state index in [4.69, 9.17) is 4.52 Å². The van der Waals surface area contributed by atoms with Crippen molar-refractivity contribution in [3.63, 3.8) is 0 Å². The molecule has 164 valence electrons. The molecule has 1 saturated heterocycles. The number of nitrogens with one attached hydrogen (secondary N) is 1. The molecule has 0 spiro atoms. The van der Waals surface area contributed by atoms with Crippen LogP contribution in [0.2, 0.25) is 0 Å². The third-order valence-electron chi connectivity index (χ3n) is 4.94. The molecule has 1 aromatic carbocycles. The number of likely N-dealkylation sites (N-methyl/N-ethyl adjacent to an activating group) is 1. The van der Waals surface area contributed by atoms with Crippen LogP contribution < -0.4 is 10.2 Å². The minimum atomic E-state index is -4.48. The fraction of sp³-hybridized carbons (Fsp3) is 0.550. The van der Waals surface area contributed by atoms with Crippen LogP contribution in [0.1, 0.15) is 43.5 Å². The van der Waals surface area contributed by atoms with Crippen LogP contribution in [0.15, 0.2) is 22.7 Å². The van der Waals surface area contributed by atoms with Crippen molar-refractivity contribution in [2.45, 2.75) is 45.3 Å². The first-order valence-electron chi connectivity index (χ1n) is 10.0. The lowest BCUT2D eigenvalue weighted by Gasteiger charge is -2.31. The minimum absolute atomic E-state index is 0.0283. The number of carbonyl (C=O) groups is 1. The number of piperidine rings is 1. The van der Waals surface area contributed by atoms with E-state index in [1.807, 2.05) is 11.8 Å². The monoisotopic (exact) mass is 425 g/mol. The molecule has 1 aromatic heterocycles. The molecule has 7 nitrogen and oxygen atoms in total. The summed E-state index contributed by atoms with van der Waals surface area (Å²) in [5.74, 6) is 0.554. The second kappa shape index (κ2) is 9.46. The number of anilines is 2. The maximum absolute atomic E-state index is 13.2. The zero-order chi connectivity index (χ0) is 21.7. The predicted octanol–water partition coefficient (Wildman–Crippen LogP) is 3.71. The van der Waals surface area contributed by atoms with Gasteiger partial charge < -0.3 is 14.7 Å². The second-order valence-electron chi connectivity index (χ2n) is 7.46. The summed E-state index contributed by atoms with van der Waals surface area (Å²) in [6, 6.07) is 3.51. The highest BCUT2D eigenvalue weighted by Gasteiger charge is 2.32. The van der Waals surface area contributed by atoms with Crippen molar-refractivity contribution >= 4 is 17.3 Å². The number of benzene rings is 1. The molecule has 30 heavy (non-hydrogen) atoms. The van der Waals surface area contributed by atoms with Crippen molar-refractivity contribution < 1.29 is 22.5 Å². The first-order chi connectivity index (χ1) is 14.3. The predicted molar refractivity (Wildman–Crippen MR) is 106 cm³/mol. The molecule has 0 unspecified atom stereocenters. The molecule has 1 fully saturated rings. The van der Waals surface area contributed by atoms with Gasteiger partial charge in [-0.1, -0.05) is 12.1 Å². The normalized spacial score (nSPS) is 14.9. The van der Waals surface area contributed by atoms with Gasteiger partial charge in [-0.25, -0.2) is 0 Å². The van der Waals surface area contributed by atoms with E-state index >= 15 is 0 Å². The highest BCUT2D eigenvalue weighted by atomic mass is 19.4. The molecule has 1 N–H and O–H groups in total. The van der Waals surface area contributed by atoms with Crippen molar-refractivity contribution in [2.75, 3.05) is 36.9 Å². The zero-order valence-electron chi connectivity index (χ0n) is 17.1. The van der Waals surface area contributed by atoms with E-state index in [2.05, 4.69) is 15.5 Å². The largest absolute Gasteiger partial charge is 0.416 e. The number of carbonyl (C=O) groups excluding carboxylic acids is 1. The molecule has 2 heterocycles. The van der Waals surface area contributed by atoms with E-state index < -0.39 is 17.6 Å². The summed E-state index contributed by atoms with van der Waals surface area (Å²) in [6.07, 6.45) is -0.796. The van der Waals surface area contributed by atoms with Crippen LogP contribution in [0.5, 0.6) is 0 Å². The van der Waals surface area contributed by atoms with Crippen LogP contribution in [0.3, 0.4) is 0 Å². The van der Waals surface area contributed by atoms with Gasteiger partial charge in [0.2, 0.25) is 11.8 Å². The third kappa shape index (κ3) is 5.71. The number of hydrogen-bond donors (Lipinski definition) is 1. The summed E-state index contributed by atoms with van der Waals surface area (Å²) in [5, 5.41) is 6.47. The number of aromatic nitrogens is 2. The molecule has 0 radical (unpaired) electrons. The van der Waals surface area contributed by atoms with E-state index in [-0.39, 0.29) is 18.8 Å². The Morgan fingerprint density at radius 3 is 2.63 bits per heavy atom. The Kier molecular flexibility index (Phi) is 6.96. The van der Waals surface area contributed by atoms with Gasteiger partial charge in [0.1, 0.15) is 0 Å². The minimum Gasteiger partial charge on any atom is -0.370 e. The van der Waals surface area contributed by atoms with Gasteiger partial charge >= 0.3 is 6.18 Å². The van der Waals surface area contributed by atoms with Gasteiger partial charge in [-0.15, -0.1) is 0 Å². The van der Waals surface area contributed by atoms with Gasteiger partial charge in [0.25, 0.3) is 0 Å². The number of amides is 1. The molecule has 1 amide bonds. The number of nitrogens with zero attached hydrogens (tertiary/aromatic N) is 4. The zero-order valence-corrected chi connectivity index (χ0v) is 17.1. The summed E-state index contributed by atoms with van der Waals surface area (Å²) >= 11 is 0. The maximum Gasteiger partial charge on any atom is 0.416 e. The number of hydrogen-bond acceptors (Lipinski definition) is 6. The first kappa shape index (κ1) is 22.1. The topological polar surface area (TPSA) is 74.5 Å². The van der Waals surface area contributed by atoms with Crippen LogP contribution in [0, 0.1) is 0 Å². The van der Waals surface area contributed by atoms with Crippen molar-refractivity contribution in [2.24, 2.45) is 0 Å². The van der Waals surface area contributed by atoms with Gasteiger partial charge in [-0.2, -0.15) is 18.2 Å². The standard InChI is InChI=1S/C20H26F3N5O2/c1-3-17-25-19(30-26-17)13-27(2)12-18(29)24-15-11-14(20(21,22)23)7-8-16(15)28-9-5-4-6-10-28/h7-8,11H,3-6,9-10,12-13H2,1-2H3,(H,24,29). The first-order valence-corrected chi connectivity index (χ1v) is 10.0. The highest BCUT2D eigenvalue weighted by molar-refractivity contribution is 5.95. The molecule has 0 aliphatic carbocycles. The van der Waals surface area contributed by atoms with Crippen molar-refractivity contribution in [3.8, 4) is 0 Å². The lowest BCUT2D eigenvalue weighted by Crippen LogP contribution is -2.33. The fourth-order valence-electron chi connectivity index (χ4n) is 3.44. The van der Waals surface area contributed by atoms with E-state index in [0.29, 0.717) is 23.8 Å². The van der Waals surface area contributed by atoms with E-state index in [1.54, 1.807) is 11.9 Å². The van der Waals surface area contributed by atoms with Gasteiger partial charge in [-0.3, -0.25) is 9.69 Å². The SMILES string of the molecule is CCc1noc(CN(C)CC(=O)Nc2cc(C(F)(F)F)ccc2N2CCCCC2)n1. The number of halogens is 3. The number of aryl methyl sites for hydroxylation is 1. The average molecular weight is 425 g/mol. The molecule has 0 saturated carbocycles. The quantitative estimate of drug-likeness (QED) is 0.729. The third-order valence-corrected chi connectivity index (χ3v) is 4.94. The molecule has 2 aromatic rings. The van der Waals surface area contributed by atoms with E-state index in [1.165, 1.54) is 6.07 Å². The average Bonchev–Trinajstić information content (AvgIpc) is 3.15. The Morgan fingerprint density at radius 2 is 2.00 bits per heavy atom. The van der Waals surface area contributed by atoms with E-state index in [9.17, 15) is 18.0 Å². The smallest absolute Gasteiger partial charge is 0.370 e. The summed E-state index contributed by atoms with van der Waals surface area (Å²) in [4.78, 5) is 20.4. The molecule has 1 aliphatic rings. The van der Waals surface area contributed by atoms with Gasteiger partial charge in [-0.05, 0) is 44.5 Å². The Morgan fingerprint density at radius 1 is 1.27 bits per heavy atom.